The van der Waals surface area contributed by atoms with Gasteiger partial charge in [-0.15, -0.1) is 0 Å². The molecule has 10 heavy (non-hydrogen) atoms. The molecule has 0 saturated carbocycles. The van der Waals surface area contributed by atoms with Gasteiger partial charge in [0.05, 0.1) is 11.2 Å². The zero-order valence-corrected chi connectivity index (χ0v) is 7.02. The van der Waals surface area contributed by atoms with Crippen molar-refractivity contribution in [1.29, 1.82) is 0 Å². The fraction of sp³-hybridized carbons (Fsp3) is 0.857. The van der Waals surface area contributed by atoms with E-state index in [9.17, 15) is 0 Å². The van der Waals surface area contributed by atoms with Gasteiger partial charge in [-0.3, -0.25) is 4.90 Å². The van der Waals surface area contributed by atoms with Crippen molar-refractivity contribution in [2.24, 2.45) is 4.99 Å². The second kappa shape index (κ2) is 3.81. The standard InChI is InChI=1S/C7H12N2S/c1-2-3-9-4-7(5-9)8-6-10/h7H,2-5H2,1H3. The van der Waals surface area contributed by atoms with Gasteiger partial charge >= 0.3 is 0 Å². The monoisotopic (exact) mass is 156 g/mol. The van der Waals surface area contributed by atoms with Crippen LogP contribution in [0.5, 0.6) is 0 Å². The van der Waals surface area contributed by atoms with Crippen LogP contribution in [-0.2, 0) is 0 Å². The molecule has 0 radical (unpaired) electrons. The predicted octanol–water partition coefficient (Wildman–Crippen LogP) is 1.18. The maximum Gasteiger partial charge on any atom is 0.0856 e. The fourth-order valence-corrected chi connectivity index (χ4v) is 1.35. The molecule has 0 aromatic carbocycles. The van der Waals surface area contributed by atoms with Crippen LogP contribution in [0.3, 0.4) is 0 Å². The Bertz CT molecular complexity index is 146. The van der Waals surface area contributed by atoms with Gasteiger partial charge in [-0.1, -0.05) is 6.92 Å². The van der Waals surface area contributed by atoms with Crippen molar-refractivity contribution in [2.75, 3.05) is 19.6 Å². The topological polar surface area (TPSA) is 15.6 Å². The highest BCUT2D eigenvalue weighted by atomic mass is 32.1. The molecule has 1 aliphatic heterocycles. The maximum absolute atomic E-state index is 4.50. The van der Waals surface area contributed by atoms with Gasteiger partial charge in [0.15, 0.2) is 0 Å². The normalized spacial score (nSPS) is 19.7. The lowest BCUT2D eigenvalue weighted by molar-refractivity contribution is 0.153. The highest BCUT2D eigenvalue weighted by molar-refractivity contribution is 7.78. The lowest BCUT2D eigenvalue weighted by atomic mass is 10.1. The average Bonchev–Trinajstić information content (AvgIpc) is 1.84. The summed E-state index contributed by atoms with van der Waals surface area (Å²) in [5, 5.41) is 2.41. The van der Waals surface area contributed by atoms with Crippen LogP contribution in [0.15, 0.2) is 4.99 Å². The quantitative estimate of drug-likeness (QED) is 0.450. The van der Waals surface area contributed by atoms with Crippen LogP contribution in [0.2, 0.25) is 0 Å². The molecular weight excluding hydrogens is 144 g/mol. The number of isothiocyanates is 1. The average molecular weight is 156 g/mol. The van der Waals surface area contributed by atoms with Crippen LogP contribution in [0.1, 0.15) is 13.3 Å². The summed E-state index contributed by atoms with van der Waals surface area (Å²) in [6, 6.07) is 0.448. The minimum atomic E-state index is 0.448. The molecule has 0 bridgehead atoms. The number of nitrogens with zero attached hydrogens (tertiary/aromatic N) is 2. The Morgan fingerprint density at radius 3 is 2.90 bits per heavy atom. The summed E-state index contributed by atoms with van der Waals surface area (Å²) in [6.07, 6.45) is 1.23. The molecule has 0 aromatic heterocycles. The second-order valence-electron chi connectivity index (χ2n) is 2.63. The number of hydrogen-bond acceptors (Lipinski definition) is 3. The van der Waals surface area contributed by atoms with Crippen molar-refractivity contribution < 1.29 is 0 Å². The van der Waals surface area contributed by atoms with Gasteiger partial charge in [-0.25, -0.2) is 4.99 Å². The van der Waals surface area contributed by atoms with Gasteiger partial charge in [0.1, 0.15) is 0 Å². The second-order valence-corrected chi connectivity index (χ2v) is 2.82. The molecule has 1 aliphatic rings. The summed E-state index contributed by atoms with van der Waals surface area (Å²) in [4.78, 5) is 6.36. The number of likely N-dealkylation sites (tertiary alicyclic amines) is 1. The largest absolute Gasteiger partial charge is 0.299 e. The Labute approximate surface area is 66.9 Å². The van der Waals surface area contributed by atoms with E-state index in [4.69, 9.17) is 0 Å². The van der Waals surface area contributed by atoms with Gasteiger partial charge in [-0.05, 0) is 25.2 Å². The fourth-order valence-electron chi connectivity index (χ4n) is 1.20. The number of aliphatic imine (C=N–C) groups is 1. The van der Waals surface area contributed by atoms with Gasteiger partial charge in [-0.2, -0.15) is 0 Å². The predicted molar refractivity (Wildman–Crippen MR) is 45.5 cm³/mol. The van der Waals surface area contributed by atoms with E-state index in [1.165, 1.54) is 13.0 Å². The van der Waals surface area contributed by atoms with E-state index >= 15 is 0 Å². The molecule has 0 unspecified atom stereocenters. The first-order chi connectivity index (χ1) is 4.86. The van der Waals surface area contributed by atoms with E-state index in [2.05, 4.69) is 34.2 Å². The van der Waals surface area contributed by atoms with E-state index in [0.717, 1.165) is 13.1 Å². The first kappa shape index (κ1) is 7.86. The molecule has 3 heteroatoms. The highest BCUT2D eigenvalue weighted by Gasteiger charge is 2.24. The molecule has 1 rings (SSSR count). The van der Waals surface area contributed by atoms with Gasteiger partial charge in [0.2, 0.25) is 0 Å². The van der Waals surface area contributed by atoms with Crippen LogP contribution in [0.25, 0.3) is 0 Å². The third-order valence-electron chi connectivity index (χ3n) is 1.71. The first-order valence-electron chi connectivity index (χ1n) is 3.66. The van der Waals surface area contributed by atoms with E-state index in [1.54, 1.807) is 0 Å². The van der Waals surface area contributed by atoms with Crippen LogP contribution in [0.4, 0.5) is 0 Å². The highest BCUT2D eigenvalue weighted by Crippen LogP contribution is 2.10. The van der Waals surface area contributed by atoms with Crippen LogP contribution in [-0.4, -0.2) is 35.7 Å². The third kappa shape index (κ3) is 1.87. The zero-order chi connectivity index (χ0) is 7.40. The zero-order valence-electron chi connectivity index (χ0n) is 6.21. The van der Waals surface area contributed by atoms with Gasteiger partial charge < -0.3 is 0 Å². The molecule has 0 amide bonds. The summed E-state index contributed by atoms with van der Waals surface area (Å²) in [5.74, 6) is 0. The van der Waals surface area contributed by atoms with Crippen molar-refractivity contribution in [3.05, 3.63) is 0 Å². The Balaban J connectivity index is 2.11. The summed E-state index contributed by atoms with van der Waals surface area (Å²) < 4.78 is 0. The van der Waals surface area contributed by atoms with Crippen molar-refractivity contribution in [1.82, 2.24) is 4.90 Å². The minimum Gasteiger partial charge on any atom is -0.299 e. The molecule has 0 aliphatic carbocycles. The van der Waals surface area contributed by atoms with Crippen molar-refractivity contribution in [2.45, 2.75) is 19.4 Å². The van der Waals surface area contributed by atoms with Crippen molar-refractivity contribution in [3.8, 4) is 0 Å². The summed E-state index contributed by atoms with van der Waals surface area (Å²) >= 11 is 4.50. The van der Waals surface area contributed by atoms with E-state index in [1.807, 2.05) is 0 Å². The maximum atomic E-state index is 4.50. The Morgan fingerprint density at radius 2 is 2.40 bits per heavy atom. The molecule has 1 heterocycles. The molecule has 0 spiro atoms. The number of hydrogen-bond donors (Lipinski definition) is 0. The molecule has 0 N–H and O–H groups in total. The summed E-state index contributed by atoms with van der Waals surface area (Å²) in [6.45, 7) is 5.55. The van der Waals surface area contributed by atoms with Gasteiger partial charge in [0, 0.05) is 13.1 Å². The lowest BCUT2D eigenvalue weighted by Gasteiger charge is -2.35. The number of rotatable bonds is 3. The van der Waals surface area contributed by atoms with Crippen molar-refractivity contribution >= 4 is 17.4 Å². The lowest BCUT2D eigenvalue weighted by Crippen LogP contribution is -2.49. The molecule has 1 fully saturated rings. The minimum absolute atomic E-state index is 0.448. The van der Waals surface area contributed by atoms with E-state index in [-0.39, 0.29) is 0 Å². The van der Waals surface area contributed by atoms with Crippen LogP contribution < -0.4 is 0 Å². The summed E-state index contributed by atoms with van der Waals surface area (Å²) in [5.41, 5.74) is 0. The Hall–Kier alpha value is -0.240. The summed E-state index contributed by atoms with van der Waals surface area (Å²) in [7, 11) is 0. The van der Waals surface area contributed by atoms with Crippen molar-refractivity contribution in [3.63, 3.8) is 0 Å². The molecule has 0 atom stereocenters. The number of thiocarbonyl (C=S) groups is 1. The van der Waals surface area contributed by atoms with Crippen LogP contribution in [0, 0.1) is 0 Å². The van der Waals surface area contributed by atoms with Crippen LogP contribution >= 0.6 is 12.2 Å². The third-order valence-corrected chi connectivity index (χ3v) is 1.82. The van der Waals surface area contributed by atoms with Gasteiger partial charge in [0.25, 0.3) is 0 Å². The molecule has 0 aromatic rings. The Kier molecular flexibility index (Phi) is 3.00. The SMILES string of the molecule is CCCN1CC(N=C=S)C1. The molecule has 2 nitrogen and oxygen atoms in total. The smallest absolute Gasteiger partial charge is 0.0856 e. The van der Waals surface area contributed by atoms with E-state index in [0.29, 0.717) is 6.04 Å². The Morgan fingerprint density at radius 1 is 1.70 bits per heavy atom. The first-order valence-corrected chi connectivity index (χ1v) is 4.07. The van der Waals surface area contributed by atoms with E-state index < -0.39 is 0 Å². The molecule has 1 saturated heterocycles. The molecular formula is C7H12N2S. The molecule has 56 valence electrons.